The van der Waals surface area contributed by atoms with E-state index in [1.165, 1.54) is 19.2 Å². The van der Waals surface area contributed by atoms with E-state index in [1.807, 2.05) is 60.7 Å². The summed E-state index contributed by atoms with van der Waals surface area (Å²) in [5.41, 5.74) is 3.34. The van der Waals surface area contributed by atoms with Crippen LogP contribution in [0.1, 0.15) is 22.7 Å². The van der Waals surface area contributed by atoms with Gasteiger partial charge in [-0.05, 0) is 17.7 Å². The molecule has 4 heteroatoms. The molecule has 3 aromatic carbocycles. The van der Waals surface area contributed by atoms with Gasteiger partial charge in [0, 0.05) is 11.1 Å². The first-order valence-corrected chi connectivity index (χ1v) is 8.81. The van der Waals surface area contributed by atoms with Gasteiger partial charge in [-0.15, -0.1) is 0 Å². The fourth-order valence-electron chi connectivity index (χ4n) is 2.88. The number of carbonyl (C=O) groups excluding carboxylic acids is 1. The minimum absolute atomic E-state index is 0.179. The Hall–Kier alpha value is -3.53. The van der Waals surface area contributed by atoms with Crippen LogP contribution in [0.5, 0.6) is 0 Å². The molecular weight excluding hydrogens is 353 g/mol. The van der Waals surface area contributed by atoms with Gasteiger partial charge >= 0.3 is 5.97 Å². The number of methoxy groups -OCH3 is 1. The molecule has 0 saturated heterocycles. The number of hydrogen-bond acceptors (Lipinski definition) is 3. The van der Waals surface area contributed by atoms with Crippen LogP contribution in [0, 0.1) is 5.82 Å². The van der Waals surface area contributed by atoms with Gasteiger partial charge in [0.1, 0.15) is 11.9 Å². The maximum atomic E-state index is 13.4. The van der Waals surface area contributed by atoms with Crippen molar-refractivity contribution in [3.8, 4) is 0 Å². The summed E-state index contributed by atoms with van der Waals surface area (Å²) in [7, 11) is 1.30. The summed E-state index contributed by atoms with van der Waals surface area (Å²) >= 11 is 0. The Morgan fingerprint density at radius 3 is 1.86 bits per heavy atom. The smallest absolute Gasteiger partial charge is 0.335 e. The molecule has 0 aliphatic heterocycles. The number of carbonyl (C=O) groups is 1. The first-order chi connectivity index (χ1) is 13.6. The van der Waals surface area contributed by atoms with Gasteiger partial charge in [-0.25, -0.2) is 9.18 Å². The van der Waals surface area contributed by atoms with Gasteiger partial charge in [-0.2, -0.15) is 0 Å². The predicted molar refractivity (Wildman–Crippen MR) is 109 cm³/mol. The molecule has 0 bridgehead atoms. The highest BCUT2D eigenvalue weighted by Crippen LogP contribution is 2.28. The quantitative estimate of drug-likeness (QED) is 0.341. The summed E-state index contributed by atoms with van der Waals surface area (Å²) in [5, 5.41) is 0. The Morgan fingerprint density at radius 2 is 1.39 bits per heavy atom. The lowest BCUT2D eigenvalue weighted by Crippen LogP contribution is -2.14. The molecule has 0 spiro atoms. The van der Waals surface area contributed by atoms with Crippen LogP contribution in [-0.2, 0) is 9.53 Å². The third kappa shape index (κ3) is 4.41. The maximum absolute atomic E-state index is 13.4. The first kappa shape index (κ1) is 19.2. The molecule has 3 aromatic rings. The van der Waals surface area contributed by atoms with E-state index in [1.54, 1.807) is 12.1 Å². The molecule has 0 aliphatic rings. The highest BCUT2D eigenvalue weighted by molar-refractivity contribution is 6.13. The number of benzene rings is 3. The summed E-state index contributed by atoms with van der Waals surface area (Å²) in [5.74, 6) is -0.917. The van der Waals surface area contributed by atoms with Crippen molar-refractivity contribution < 1.29 is 13.9 Å². The molecule has 3 nitrogen and oxygen atoms in total. The van der Waals surface area contributed by atoms with Crippen LogP contribution in [-0.4, -0.2) is 18.8 Å². The van der Waals surface area contributed by atoms with Crippen molar-refractivity contribution in [2.75, 3.05) is 7.11 Å². The second-order valence-corrected chi connectivity index (χ2v) is 6.18. The molecule has 0 amide bonds. The molecule has 140 valence electrons. The Labute approximate surface area is 163 Å². The second kappa shape index (κ2) is 8.91. The average Bonchev–Trinajstić information content (AvgIpc) is 2.75. The Bertz CT molecular complexity index is 939. The largest absolute Gasteiger partial charge is 0.466 e. The van der Waals surface area contributed by atoms with Gasteiger partial charge in [0.2, 0.25) is 0 Å². The number of nitrogens with zero attached hydrogens (tertiary/aromatic N) is 1. The molecule has 0 radical (unpaired) electrons. The van der Waals surface area contributed by atoms with Crippen molar-refractivity contribution in [3.05, 3.63) is 120 Å². The lowest BCUT2D eigenvalue weighted by Gasteiger charge is -2.18. The summed E-state index contributed by atoms with van der Waals surface area (Å²) < 4.78 is 18.3. The predicted octanol–water partition coefficient (Wildman–Crippen LogP) is 5.13. The molecule has 0 heterocycles. The van der Waals surface area contributed by atoms with Crippen molar-refractivity contribution in [1.29, 1.82) is 0 Å². The highest BCUT2D eigenvalue weighted by atomic mass is 19.1. The number of rotatable bonds is 6. The number of aliphatic imine (C=N–C) groups is 1. The third-order valence-corrected chi connectivity index (χ3v) is 4.32. The summed E-state index contributed by atoms with van der Waals surface area (Å²) in [4.78, 5) is 17.1. The standard InChI is InChI=1S/C24H20FNO2/c1-17(24(27)28-2)22(20-13-15-21(25)16-14-20)26-23(18-9-5-3-6-10-18)19-11-7-4-8-12-19/h3-16,22H,1H2,2H3/t22-/m0/s1. The van der Waals surface area contributed by atoms with E-state index in [0.29, 0.717) is 11.3 Å². The van der Waals surface area contributed by atoms with E-state index in [4.69, 9.17) is 9.73 Å². The minimum Gasteiger partial charge on any atom is -0.466 e. The minimum atomic E-state index is -0.705. The van der Waals surface area contributed by atoms with Gasteiger partial charge in [0.15, 0.2) is 0 Å². The lowest BCUT2D eigenvalue weighted by molar-refractivity contribution is -0.136. The zero-order valence-corrected chi connectivity index (χ0v) is 15.5. The monoisotopic (exact) mass is 373 g/mol. The number of halogens is 1. The Balaban J connectivity index is 2.17. The Kier molecular flexibility index (Phi) is 6.12. The van der Waals surface area contributed by atoms with Crippen molar-refractivity contribution in [3.63, 3.8) is 0 Å². The summed E-state index contributed by atoms with van der Waals surface area (Å²) in [6, 6.07) is 24.6. The molecule has 28 heavy (non-hydrogen) atoms. The van der Waals surface area contributed by atoms with Crippen molar-refractivity contribution in [2.45, 2.75) is 6.04 Å². The van der Waals surface area contributed by atoms with Gasteiger partial charge in [-0.3, -0.25) is 4.99 Å². The number of esters is 1. The third-order valence-electron chi connectivity index (χ3n) is 4.32. The van der Waals surface area contributed by atoms with Crippen LogP contribution < -0.4 is 0 Å². The second-order valence-electron chi connectivity index (χ2n) is 6.18. The fourth-order valence-corrected chi connectivity index (χ4v) is 2.88. The van der Waals surface area contributed by atoms with Crippen molar-refractivity contribution >= 4 is 11.7 Å². The molecule has 0 fully saturated rings. The molecule has 1 atom stereocenters. The van der Waals surface area contributed by atoms with E-state index >= 15 is 0 Å². The van der Waals surface area contributed by atoms with E-state index in [2.05, 4.69) is 6.58 Å². The van der Waals surface area contributed by atoms with Gasteiger partial charge in [0.25, 0.3) is 0 Å². The summed E-state index contributed by atoms with van der Waals surface area (Å²) in [6.07, 6.45) is 0. The SMILES string of the molecule is C=C(C(=O)OC)[C@H](N=C(c1ccccc1)c1ccccc1)c1ccc(F)cc1. The summed E-state index contributed by atoms with van der Waals surface area (Å²) in [6.45, 7) is 3.89. The van der Waals surface area contributed by atoms with E-state index in [9.17, 15) is 9.18 Å². The van der Waals surface area contributed by atoms with Crippen LogP contribution in [0.3, 0.4) is 0 Å². The zero-order valence-electron chi connectivity index (χ0n) is 15.5. The molecule has 0 aliphatic carbocycles. The topological polar surface area (TPSA) is 38.7 Å². The van der Waals surface area contributed by atoms with Crippen LogP contribution in [0.15, 0.2) is 102 Å². The number of hydrogen-bond donors (Lipinski definition) is 0. The maximum Gasteiger partial charge on any atom is 0.335 e. The molecule has 3 rings (SSSR count). The van der Waals surface area contributed by atoms with E-state index < -0.39 is 12.0 Å². The molecule has 0 aromatic heterocycles. The lowest BCUT2D eigenvalue weighted by atomic mass is 9.97. The Morgan fingerprint density at radius 1 is 0.893 bits per heavy atom. The molecule has 0 N–H and O–H groups in total. The molecule has 0 saturated carbocycles. The van der Waals surface area contributed by atoms with Crippen LogP contribution in [0.2, 0.25) is 0 Å². The van der Waals surface area contributed by atoms with Gasteiger partial charge in [-0.1, -0.05) is 79.4 Å². The van der Waals surface area contributed by atoms with Crippen molar-refractivity contribution in [2.24, 2.45) is 4.99 Å². The zero-order chi connectivity index (χ0) is 19.9. The van der Waals surface area contributed by atoms with Crippen LogP contribution in [0.25, 0.3) is 0 Å². The van der Waals surface area contributed by atoms with E-state index in [-0.39, 0.29) is 11.4 Å². The molecule has 0 unspecified atom stereocenters. The fraction of sp³-hybridized carbons (Fsp3) is 0.0833. The van der Waals surface area contributed by atoms with Gasteiger partial charge in [0.05, 0.1) is 18.4 Å². The van der Waals surface area contributed by atoms with Gasteiger partial charge < -0.3 is 4.74 Å². The normalized spacial score (nSPS) is 11.4. The first-order valence-electron chi connectivity index (χ1n) is 8.81. The number of ether oxygens (including phenoxy) is 1. The average molecular weight is 373 g/mol. The molecular formula is C24H20FNO2. The van der Waals surface area contributed by atoms with Crippen LogP contribution >= 0.6 is 0 Å². The highest BCUT2D eigenvalue weighted by Gasteiger charge is 2.22. The van der Waals surface area contributed by atoms with E-state index in [0.717, 1.165) is 11.1 Å². The van der Waals surface area contributed by atoms with Crippen LogP contribution in [0.4, 0.5) is 4.39 Å². The van der Waals surface area contributed by atoms with Crippen molar-refractivity contribution in [1.82, 2.24) is 0 Å².